The summed E-state index contributed by atoms with van der Waals surface area (Å²) in [5.41, 5.74) is 8.71. The maximum absolute atomic E-state index is 5.95. The zero-order valence-electron chi connectivity index (χ0n) is 8.90. The number of rotatable bonds is 1. The van der Waals surface area contributed by atoms with Crippen molar-refractivity contribution in [2.24, 2.45) is 0 Å². The van der Waals surface area contributed by atoms with Crippen LogP contribution in [0.5, 0.6) is 0 Å². The minimum absolute atomic E-state index is 0.697. The molecule has 17 heavy (non-hydrogen) atoms. The summed E-state index contributed by atoms with van der Waals surface area (Å²) in [6.45, 7) is 1.95. The second-order valence-electron chi connectivity index (χ2n) is 3.64. The number of aryl methyl sites for hydroxylation is 1. The number of nitrogens with two attached hydrogens (primary N) is 1. The van der Waals surface area contributed by atoms with E-state index < -0.39 is 0 Å². The van der Waals surface area contributed by atoms with Gasteiger partial charge in [-0.3, -0.25) is 0 Å². The van der Waals surface area contributed by atoms with Gasteiger partial charge >= 0.3 is 0 Å². The van der Waals surface area contributed by atoms with Crippen LogP contribution in [0.4, 0.5) is 5.00 Å². The predicted octanol–water partition coefficient (Wildman–Crippen LogP) is 3.96. The van der Waals surface area contributed by atoms with Gasteiger partial charge in [0.1, 0.15) is 10.0 Å². The van der Waals surface area contributed by atoms with Crippen LogP contribution in [-0.2, 0) is 0 Å². The zero-order chi connectivity index (χ0) is 12.0. The lowest BCUT2D eigenvalue weighted by atomic mass is 10.2. The number of fused-ring (bicyclic) bond motifs is 1. The van der Waals surface area contributed by atoms with Crippen LogP contribution >= 0.6 is 34.5 Å². The van der Waals surface area contributed by atoms with Gasteiger partial charge in [-0.1, -0.05) is 11.6 Å². The molecule has 0 aliphatic heterocycles. The summed E-state index contributed by atoms with van der Waals surface area (Å²) in [5, 5.41) is 2.32. The van der Waals surface area contributed by atoms with Crippen molar-refractivity contribution in [1.29, 1.82) is 0 Å². The molecule has 0 aliphatic rings. The number of anilines is 1. The van der Waals surface area contributed by atoms with Gasteiger partial charge in [-0.15, -0.1) is 11.3 Å². The summed E-state index contributed by atoms with van der Waals surface area (Å²) in [4.78, 5) is 4.56. The van der Waals surface area contributed by atoms with Crippen molar-refractivity contribution in [2.75, 3.05) is 5.73 Å². The second kappa shape index (κ2) is 3.94. The Balaban J connectivity index is 2.25. The van der Waals surface area contributed by atoms with Crippen LogP contribution in [0.25, 0.3) is 20.8 Å². The molecule has 3 nitrogen and oxygen atoms in total. The first-order valence-electron chi connectivity index (χ1n) is 4.93. The molecule has 3 rings (SSSR count). The number of nitrogen functional groups attached to an aromatic ring is 1. The number of hydrogen-bond donors (Lipinski definition) is 1. The molecule has 0 atom stereocenters. The Morgan fingerprint density at radius 2 is 2.18 bits per heavy atom. The summed E-state index contributed by atoms with van der Waals surface area (Å²) in [5.74, 6) is 0. The van der Waals surface area contributed by atoms with E-state index in [-0.39, 0.29) is 0 Å². The van der Waals surface area contributed by atoms with Gasteiger partial charge in [0.2, 0.25) is 0 Å². The third kappa shape index (κ3) is 1.80. The van der Waals surface area contributed by atoms with E-state index in [1.807, 2.05) is 25.1 Å². The van der Waals surface area contributed by atoms with E-state index in [0.29, 0.717) is 10.0 Å². The molecule has 0 saturated carbocycles. The fourth-order valence-electron chi connectivity index (χ4n) is 1.65. The summed E-state index contributed by atoms with van der Waals surface area (Å²) in [7, 11) is 0. The molecule has 2 aromatic heterocycles. The highest BCUT2D eigenvalue weighted by Crippen LogP contribution is 2.37. The van der Waals surface area contributed by atoms with E-state index in [1.165, 1.54) is 11.5 Å². The standard InChI is InChI=1S/C11H8ClN3S2/c1-5-9(10(13)17-15-5)11-14-7-4-6(12)2-3-8(7)16-11/h2-4H,13H2,1H3. The van der Waals surface area contributed by atoms with Crippen LogP contribution in [0.2, 0.25) is 5.02 Å². The van der Waals surface area contributed by atoms with Crippen molar-refractivity contribution in [1.82, 2.24) is 9.36 Å². The van der Waals surface area contributed by atoms with E-state index in [4.69, 9.17) is 17.3 Å². The Labute approximate surface area is 111 Å². The van der Waals surface area contributed by atoms with Crippen LogP contribution in [0.3, 0.4) is 0 Å². The van der Waals surface area contributed by atoms with Gasteiger partial charge in [-0.25, -0.2) is 4.98 Å². The maximum atomic E-state index is 5.95. The summed E-state index contributed by atoms with van der Waals surface area (Å²) in [6.07, 6.45) is 0. The lowest BCUT2D eigenvalue weighted by molar-refractivity contribution is 1.33. The molecule has 0 saturated heterocycles. The Morgan fingerprint density at radius 3 is 2.88 bits per heavy atom. The Hall–Kier alpha value is -1.17. The van der Waals surface area contributed by atoms with Gasteiger partial charge in [-0.2, -0.15) is 4.37 Å². The van der Waals surface area contributed by atoms with Crippen LogP contribution in [0, 0.1) is 6.92 Å². The van der Waals surface area contributed by atoms with E-state index >= 15 is 0 Å². The van der Waals surface area contributed by atoms with Crippen molar-refractivity contribution in [3.8, 4) is 10.6 Å². The van der Waals surface area contributed by atoms with E-state index in [1.54, 1.807) is 11.3 Å². The van der Waals surface area contributed by atoms with Gasteiger partial charge in [0.05, 0.1) is 21.5 Å². The quantitative estimate of drug-likeness (QED) is 0.734. The van der Waals surface area contributed by atoms with Crippen molar-refractivity contribution in [3.63, 3.8) is 0 Å². The van der Waals surface area contributed by atoms with Gasteiger partial charge in [0.25, 0.3) is 0 Å². The number of aromatic nitrogens is 2. The summed E-state index contributed by atoms with van der Waals surface area (Å²) in [6, 6.07) is 5.71. The highest BCUT2D eigenvalue weighted by Gasteiger charge is 2.14. The number of benzene rings is 1. The highest BCUT2D eigenvalue weighted by atomic mass is 35.5. The minimum Gasteiger partial charge on any atom is -0.389 e. The summed E-state index contributed by atoms with van der Waals surface area (Å²) < 4.78 is 5.34. The second-order valence-corrected chi connectivity index (χ2v) is 5.91. The molecule has 2 N–H and O–H groups in total. The van der Waals surface area contributed by atoms with E-state index in [2.05, 4.69) is 9.36 Å². The Bertz CT molecular complexity index is 682. The van der Waals surface area contributed by atoms with Crippen LogP contribution < -0.4 is 5.73 Å². The monoisotopic (exact) mass is 281 g/mol. The molecular formula is C11H8ClN3S2. The molecule has 1 aromatic carbocycles. The van der Waals surface area contributed by atoms with Crippen LogP contribution in [-0.4, -0.2) is 9.36 Å². The molecule has 6 heteroatoms. The van der Waals surface area contributed by atoms with Gasteiger partial charge in [-0.05, 0) is 36.7 Å². The molecule has 3 aromatic rings. The molecule has 0 unspecified atom stereocenters. The molecule has 86 valence electrons. The van der Waals surface area contributed by atoms with Crippen molar-refractivity contribution >= 4 is 49.7 Å². The lowest BCUT2D eigenvalue weighted by Crippen LogP contribution is -1.84. The average molecular weight is 282 g/mol. The molecule has 0 amide bonds. The average Bonchev–Trinajstić information content (AvgIpc) is 2.81. The third-order valence-electron chi connectivity index (χ3n) is 2.45. The fraction of sp³-hybridized carbons (Fsp3) is 0.0909. The van der Waals surface area contributed by atoms with Crippen LogP contribution in [0.15, 0.2) is 18.2 Å². The fourth-order valence-corrected chi connectivity index (χ4v) is 3.61. The van der Waals surface area contributed by atoms with Crippen molar-refractivity contribution in [2.45, 2.75) is 6.92 Å². The topological polar surface area (TPSA) is 51.8 Å². The Morgan fingerprint density at radius 1 is 1.35 bits per heavy atom. The molecule has 0 bridgehead atoms. The normalized spacial score (nSPS) is 11.2. The predicted molar refractivity (Wildman–Crippen MR) is 74.9 cm³/mol. The molecular weight excluding hydrogens is 274 g/mol. The van der Waals surface area contributed by atoms with Gasteiger partial charge in [0.15, 0.2) is 0 Å². The zero-order valence-corrected chi connectivity index (χ0v) is 11.3. The Kier molecular flexibility index (Phi) is 2.54. The number of halogens is 1. The van der Waals surface area contributed by atoms with Gasteiger partial charge < -0.3 is 5.73 Å². The lowest BCUT2D eigenvalue weighted by Gasteiger charge is -1.93. The minimum atomic E-state index is 0.697. The number of thiazole rings is 1. The largest absolute Gasteiger partial charge is 0.389 e. The first-order chi connectivity index (χ1) is 8.15. The number of hydrogen-bond acceptors (Lipinski definition) is 5. The van der Waals surface area contributed by atoms with E-state index in [0.717, 1.165) is 26.5 Å². The number of nitrogens with zero attached hydrogens (tertiary/aromatic N) is 2. The first-order valence-corrected chi connectivity index (χ1v) is 6.90. The van der Waals surface area contributed by atoms with Crippen molar-refractivity contribution in [3.05, 3.63) is 28.9 Å². The molecule has 0 aliphatic carbocycles. The van der Waals surface area contributed by atoms with Crippen molar-refractivity contribution < 1.29 is 0 Å². The molecule has 0 spiro atoms. The highest BCUT2D eigenvalue weighted by molar-refractivity contribution is 7.22. The first kappa shape index (κ1) is 11.0. The smallest absolute Gasteiger partial charge is 0.129 e. The molecule has 0 radical (unpaired) electrons. The third-order valence-corrected chi connectivity index (χ3v) is 4.51. The van der Waals surface area contributed by atoms with Gasteiger partial charge in [0, 0.05) is 5.02 Å². The summed E-state index contributed by atoms with van der Waals surface area (Å²) >= 11 is 8.86. The van der Waals surface area contributed by atoms with E-state index in [9.17, 15) is 0 Å². The van der Waals surface area contributed by atoms with Crippen LogP contribution in [0.1, 0.15) is 5.69 Å². The SMILES string of the molecule is Cc1nsc(N)c1-c1nc2cc(Cl)ccc2s1. The maximum Gasteiger partial charge on any atom is 0.129 e. The molecule has 2 heterocycles. The molecule has 0 fully saturated rings.